The molecule has 2 N–H and O–H groups in total. The van der Waals surface area contributed by atoms with E-state index in [-0.39, 0.29) is 5.56 Å². The summed E-state index contributed by atoms with van der Waals surface area (Å²) in [6, 6.07) is 6.54. The lowest BCUT2D eigenvalue weighted by molar-refractivity contribution is 0.0696. The molecule has 0 bridgehead atoms. The molecule has 0 saturated heterocycles. The van der Waals surface area contributed by atoms with Crippen LogP contribution >= 0.6 is 0 Å². The summed E-state index contributed by atoms with van der Waals surface area (Å²) in [5, 5.41) is 16.0. The number of benzene rings is 1. The number of alkyl halides is 2. The van der Waals surface area contributed by atoms with E-state index in [0.29, 0.717) is 17.9 Å². The van der Waals surface area contributed by atoms with Crippen LogP contribution in [0.4, 0.5) is 14.5 Å². The Bertz CT molecular complexity index is 641. The summed E-state index contributed by atoms with van der Waals surface area (Å²) in [5.74, 6) is -0.997. The van der Waals surface area contributed by atoms with E-state index in [2.05, 4.69) is 10.4 Å². The molecule has 0 fully saturated rings. The molecule has 112 valence electrons. The maximum absolute atomic E-state index is 12.2. The number of anilines is 1. The van der Waals surface area contributed by atoms with Crippen LogP contribution in [0, 0.1) is 6.92 Å². The topological polar surface area (TPSA) is 67.2 Å². The summed E-state index contributed by atoms with van der Waals surface area (Å²) in [6.45, 7) is 1.70. The van der Waals surface area contributed by atoms with Gasteiger partial charge in [-0.25, -0.2) is 13.6 Å². The molecule has 5 nitrogen and oxygen atoms in total. The number of hydrogen-bond donors (Lipinski definition) is 2. The summed E-state index contributed by atoms with van der Waals surface area (Å²) in [4.78, 5) is 11.0. The minimum Gasteiger partial charge on any atom is -0.478 e. The first-order chi connectivity index (χ1) is 9.94. The van der Waals surface area contributed by atoms with Gasteiger partial charge in [-0.2, -0.15) is 5.10 Å². The molecule has 1 aromatic carbocycles. The largest absolute Gasteiger partial charge is 0.478 e. The quantitative estimate of drug-likeness (QED) is 0.860. The fraction of sp³-hybridized carbons (Fsp3) is 0.286. The second kappa shape index (κ2) is 6.34. The molecule has 1 aromatic heterocycles. The van der Waals surface area contributed by atoms with Crippen molar-refractivity contribution in [2.75, 3.05) is 5.32 Å². The van der Waals surface area contributed by atoms with Crippen molar-refractivity contribution in [2.45, 2.75) is 26.4 Å². The Morgan fingerprint density at radius 2 is 2.19 bits per heavy atom. The van der Waals surface area contributed by atoms with Gasteiger partial charge in [0.05, 0.1) is 17.8 Å². The zero-order valence-corrected chi connectivity index (χ0v) is 11.4. The first kappa shape index (κ1) is 15.0. The number of halogens is 2. The smallest absolute Gasteiger partial charge is 0.335 e. The van der Waals surface area contributed by atoms with Crippen LogP contribution in [-0.4, -0.2) is 27.3 Å². The minimum atomic E-state index is -2.44. The minimum absolute atomic E-state index is 0.195. The predicted octanol–water partition coefficient (Wildman–Crippen LogP) is 2.77. The Morgan fingerprint density at radius 1 is 1.43 bits per heavy atom. The van der Waals surface area contributed by atoms with Crippen LogP contribution in [0.1, 0.15) is 21.6 Å². The van der Waals surface area contributed by atoms with Gasteiger partial charge in [0.15, 0.2) is 0 Å². The molecule has 0 aliphatic rings. The van der Waals surface area contributed by atoms with Gasteiger partial charge < -0.3 is 10.4 Å². The summed E-state index contributed by atoms with van der Waals surface area (Å²) in [7, 11) is 0. The van der Waals surface area contributed by atoms with Crippen LogP contribution in [0.5, 0.6) is 0 Å². The molecule has 0 spiro atoms. The molecule has 2 rings (SSSR count). The van der Waals surface area contributed by atoms with Gasteiger partial charge in [0.1, 0.15) is 6.54 Å². The van der Waals surface area contributed by atoms with E-state index in [0.717, 1.165) is 5.56 Å². The summed E-state index contributed by atoms with van der Waals surface area (Å²) < 4.78 is 25.6. The van der Waals surface area contributed by atoms with E-state index >= 15 is 0 Å². The second-order valence-electron chi connectivity index (χ2n) is 4.67. The molecular weight excluding hydrogens is 280 g/mol. The van der Waals surface area contributed by atoms with E-state index < -0.39 is 18.9 Å². The third-order valence-electron chi connectivity index (χ3n) is 2.82. The summed E-state index contributed by atoms with van der Waals surface area (Å²) >= 11 is 0. The average Bonchev–Trinajstić information content (AvgIpc) is 2.82. The number of carboxylic acids is 1. The van der Waals surface area contributed by atoms with Crippen LogP contribution in [0.2, 0.25) is 0 Å². The van der Waals surface area contributed by atoms with Crippen molar-refractivity contribution in [3.63, 3.8) is 0 Å². The molecule has 0 unspecified atom stereocenters. The molecule has 0 saturated carbocycles. The van der Waals surface area contributed by atoms with E-state index in [1.807, 2.05) is 6.07 Å². The molecule has 0 aliphatic carbocycles. The highest BCUT2D eigenvalue weighted by atomic mass is 19.3. The number of aromatic nitrogens is 2. The van der Waals surface area contributed by atoms with E-state index in [9.17, 15) is 13.6 Å². The Balaban J connectivity index is 2.02. The van der Waals surface area contributed by atoms with Gasteiger partial charge in [0.2, 0.25) is 0 Å². The fourth-order valence-corrected chi connectivity index (χ4v) is 1.94. The van der Waals surface area contributed by atoms with Crippen molar-refractivity contribution >= 4 is 11.7 Å². The van der Waals surface area contributed by atoms with E-state index in [1.54, 1.807) is 19.1 Å². The highest BCUT2D eigenvalue weighted by Gasteiger charge is 2.07. The highest BCUT2D eigenvalue weighted by Crippen LogP contribution is 2.15. The fourth-order valence-electron chi connectivity index (χ4n) is 1.94. The Kier molecular flexibility index (Phi) is 4.52. The number of hydrogen-bond acceptors (Lipinski definition) is 3. The number of nitrogens with one attached hydrogen (secondary N) is 1. The van der Waals surface area contributed by atoms with Crippen molar-refractivity contribution in [3.05, 3.63) is 47.3 Å². The van der Waals surface area contributed by atoms with Crippen molar-refractivity contribution in [2.24, 2.45) is 0 Å². The zero-order chi connectivity index (χ0) is 15.4. The number of nitrogens with zero attached hydrogens (tertiary/aromatic N) is 2. The average molecular weight is 295 g/mol. The predicted molar refractivity (Wildman–Crippen MR) is 73.7 cm³/mol. The summed E-state index contributed by atoms with van der Waals surface area (Å²) in [5.41, 5.74) is 2.27. The van der Waals surface area contributed by atoms with E-state index in [4.69, 9.17) is 5.11 Å². The monoisotopic (exact) mass is 295 g/mol. The maximum atomic E-state index is 12.2. The first-order valence-electron chi connectivity index (χ1n) is 6.33. The Labute approximate surface area is 120 Å². The van der Waals surface area contributed by atoms with Gasteiger partial charge in [-0.05, 0) is 36.8 Å². The van der Waals surface area contributed by atoms with Gasteiger partial charge in [-0.15, -0.1) is 0 Å². The normalized spacial score (nSPS) is 10.9. The summed E-state index contributed by atoms with van der Waals surface area (Å²) in [6.07, 6.45) is -0.956. The molecule has 0 amide bonds. The number of aryl methyl sites for hydroxylation is 1. The Hall–Kier alpha value is -2.44. The molecule has 21 heavy (non-hydrogen) atoms. The van der Waals surface area contributed by atoms with Gasteiger partial charge in [0.25, 0.3) is 6.43 Å². The van der Waals surface area contributed by atoms with Crippen molar-refractivity contribution in [1.29, 1.82) is 0 Å². The molecule has 0 atom stereocenters. The lowest BCUT2D eigenvalue weighted by Gasteiger charge is -2.07. The number of rotatable bonds is 6. The molecule has 1 heterocycles. The third kappa shape index (κ3) is 4.27. The standard InChI is InChI=1S/C14H15F2N3O2/c1-9-4-10(14(20)21)6-12(5-9)17-7-11-2-3-19(18-11)8-13(15)16/h2-6,13,17H,7-8H2,1H3,(H,20,21). The van der Waals surface area contributed by atoms with Crippen molar-refractivity contribution in [3.8, 4) is 0 Å². The van der Waals surface area contributed by atoms with Gasteiger partial charge in [0, 0.05) is 11.9 Å². The Morgan fingerprint density at radius 3 is 2.86 bits per heavy atom. The maximum Gasteiger partial charge on any atom is 0.335 e. The second-order valence-corrected chi connectivity index (χ2v) is 4.67. The lowest BCUT2D eigenvalue weighted by atomic mass is 10.1. The van der Waals surface area contributed by atoms with Gasteiger partial charge >= 0.3 is 5.97 Å². The zero-order valence-electron chi connectivity index (χ0n) is 11.4. The number of carboxylic acid groups (broad SMARTS) is 1. The molecule has 2 aromatic rings. The molecule has 0 radical (unpaired) electrons. The van der Waals surface area contributed by atoms with Crippen molar-refractivity contribution < 1.29 is 18.7 Å². The molecule has 7 heteroatoms. The molecule has 0 aliphatic heterocycles. The number of aromatic carboxylic acids is 1. The SMILES string of the molecule is Cc1cc(NCc2ccn(CC(F)F)n2)cc(C(=O)O)c1. The van der Waals surface area contributed by atoms with Crippen LogP contribution in [0.15, 0.2) is 30.5 Å². The highest BCUT2D eigenvalue weighted by molar-refractivity contribution is 5.89. The van der Waals surface area contributed by atoms with Crippen LogP contribution in [0.3, 0.4) is 0 Å². The van der Waals surface area contributed by atoms with Crippen molar-refractivity contribution in [1.82, 2.24) is 9.78 Å². The first-order valence-corrected chi connectivity index (χ1v) is 6.33. The van der Waals surface area contributed by atoms with E-state index in [1.165, 1.54) is 16.9 Å². The van der Waals surface area contributed by atoms with Crippen LogP contribution < -0.4 is 5.32 Å². The number of carbonyl (C=O) groups is 1. The molecular formula is C14H15F2N3O2. The van der Waals surface area contributed by atoms with Gasteiger partial charge in [-0.3, -0.25) is 4.68 Å². The van der Waals surface area contributed by atoms with Crippen LogP contribution in [-0.2, 0) is 13.1 Å². The lowest BCUT2D eigenvalue weighted by Crippen LogP contribution is -2.08. The van der Waals surface area contributed by atoms with Gasteiger partial charge in [-0.1, -0.05) is 0 Å². The van der Waals surface area contributed by atoms with Crippen LogP contribution in [0.25, 0.3) is 0 Å². The third-order valence-corrected chi connectivity index (χ3v) is 2.82.